The average Bonchev–Trinajstić information content (AvgIpc) is 2.73. The van der Waals surface area contributed by atoms with Gasteiger partial charge in [0.15, 0.2) is 5.12 Å². The molecule has 2 rings (SSSR count). The van der Waals surface area contributed by atoms with Crippen LogP contribution >= 0.6 is 11.8 Å². The van der Waals surface area contributed by atoms with Crippen LogP contribution in [0.15, 0.2) is 18.2 Å². The molecule has 0 radical (unpaired) electrons. The van der Waals surface area contributed by atoms with Crippen LogP contribution in [0.1, 0.15) is 35.4 Å². The van der Waals surface area contributed by atoms with E-state index in [4.69, 9.17) is 0 Å². The van der Waals surface area contributed by atoms with Crippen molar-refractivity contribution in [1.29, 1.82) is 0 Å². The lowest BCUT2D eigenvalue weighted by molar-refractivity contribution is -0.112. The van der Waals surface area contributed by atoms with E-state index >= 15 is 0 Å². The number of aliphatic hydroxyl groups is 2. The minimum atomic E-state index is -1.29. The Hall–Kier alpha value is -1.70. The zero-order chi connectivity index (χ0) is 15.6. The van der Waals surface area contributed by atoms with Gasteiger partial charge in [-0.25, -0.2) is 0 Å². The zero-order valence-corrected chi connectivity index (χ0v) is 12.1. The number of rotatable bonds is 5. The predicted molar refractivity (Wildman–Crippen MR) is 78.1 cm³/mol. The van der Waals surface area contributed by atoms with Crippen molar-refractivity contribution in [2.75, 3.05) is 11.1 Å². The van der Waals surface area contributed by atoms with Gasteiger partial charge in [0.25, 0.3) is 11.7 Å². The van der Waals surface area contributed by atoms with Crippen molar-refractivity contribution in [3.63, 3.8) is 0 Å². The zero-order valence-electron chi connectivity index (χ0n) is 11.3. The minimum absolute atomic E-state index is 0.0673. The molecule has 1 aromatic carbocycles. The van der Waals surface area contributed by atoms with Crippen molar-refractivity contribution < 1.29 is 24.6 Å². The molecule has 1 aliphatic rings. The monoisotopic (exact) mass is 309 g/mol. The first-order valence-electron chi connectivity index (χ1n) is 6.40. The number of fused-ring (bicyclic) bond motifs is 1. The fourth-order valence-corrected chi connectivity index (χ4v) is 2.80. The Labute approximate surface area is 125 Å². The topological polar surface area (TPSA) is 104 Å². The highest BCUT2D eigenvalue weighted by Gasteiger charge is 2.33. The molecule has 3 N–H and O–H groups in total. The number of carbonyl (C=O) groups is 3. The van der Waals surface area contributed by atoms with Crippen molar-refractivity contribution in [3.05, 3.63) is 29.3 Å². The van der Waals surface area contributed by atoms with Crippen LogP contribution < -0.4 is 5.32 Å². The van der Waals surface area contributed by atoms with E-state index in [2.05, 4.69) is 5.32 Å². The molecule has 0 saturated carbocycles. The standard InChI is InChI=1S/C14H15NO5S/c1-7(16)21-6-5-10(17)12(18)8-3-2-4-9-11(8)13(19)14(20)15-9/h2-4,10,12,17-18H,5-6H2,1H3,(H,15,19,20). The Morgan fingerprint density at radius 3 is 2.71 bits per heavy atom. The van der Waals surface area contributed by atoms with Gasteiger partial charge in [-0.05, 0) is 18.1 Å². The van der Waals surface area contributed by atoms with Crippen LogP contribution in [0.3, 0.4) is 0 Å². The molecular weight excluding hydrogens is 294 g/mol. The number of ketones is 1. The van der Waals surface area contributed by atoms with Gasteiger partial charge >= 0.3 is 0 Å². The Kier molecular flexibility index (Phi) is 4.76. The number of Topliss-reactive ketones (excluding diaryl/α,β-unsaturated/α-hetero) is 1. The minimum Gasteiger partial charge on any atom is -0.390 e. The first-order chi connectivity index (χ1) is 9.91. The lowest BCUT2D eigenvalue weighted by atomic mass is 9.95. The fraction of sp³-hybridized carbons (Fsp3) is 0.357. The molecule has 0 saturated heterocycles. The van der Waals surface area contributed by atoms with Crippen LogP contribution in [-0.2, 0) is 9.59 Å². The first-order valence-corrected chi connectivity index (χ1v) is 7.38. The molecule has 7 heteroatoms. The second kappa shape index (κ2) is 6.38. The quantitative estimate of drug-likeness (QED) is 0.698. The van der Waals surface area contributed by atoms with E-state index in [1.807, 2.05) is 0 Å². The summed E-state index contributed by atoms with van der Waals surface area (Å²) in [5.74, 6) is -1.09. The molecular formula is C14H15NO5S. The van der Waals surface area contributed by atoms with Crippen molar-refractivity contribution in [2.24, 2.45) is 0 Å². The highest BCUT2D eigenvalue weighted by Crippen LogP contribution is 2.32. The van der Waals surface area contributed by atoms with E-state index in [1.165, 1.54) is 13.0 Å². The van der Waals surface area contributed by atoms with Crippen molar-refractivity contribution in [1.82, 2.24) is 0 Å². The highest BCUT2D eigenvalue weighted by molar-refractivity contribution is 8.13. The highest BCUT2D eigenvalue weighted by atomic mass is 32.2. The maximum Gasteiger partial charge on any atom is 0.296 e. The van der Waals surface area contributed by atoms with Gasteiger partial charge in [-0.1, -0.05) is 23.9 Å². The molecule has 21 heavy (non-hydrogen) atoms. The van der Waals surface area contributed by atoms with Gasteiger partial charge in [0.2, 0.25) is 0 Å². The summed E-state index contributed by atoms with van der Waals surface area (Å²) in [5, 5.41) is 22.5. The summed E-state index contributed by atoms with van der Waals surface area (Å²) < 4.78 is 0. The summed E-state index contributed by atoms with van der Waals surface area (Å²) in [6.07, 6.45) is -2.21. The molecule has 1 aliphatic heterocycles. The van der Waals surface area contributed by atoms with Crippen molar-refractivity contribution in [3.8, 4) is 0 Å². The Morgan fingerprint density at radius 2 is 2.05 bits per heavy atom. The van der Waals surface area contributed by atoms with E-state index in [9.17, 15) is 24.6 Å². The number of hydrogen-bond donors (Lipinski definition) is 3. The van der Waals surface area contributed by atoms with Gasteiger partial charge in [0.1, 0.15) is 6.10 Å². The van der Waals surface area contributed by atoms with Crippen LogP contribution in [0.5, 0.6) is 0 Å². The number of nitrogens with one attached hydrogen (secondary N) is 1. The number of hydrogen-bond acceptors (Lipinski definition) is 6. The molecule has 1 aromatic rings. The molecule has 112 valence electrons. The van der Waals surface area contributed by atoms with Crippen molar-refractivity contribution >= 4 is 34.3 Å². The number of carbonyl (C=O) groups excluding carboxylic acids is 3. The SMILES string of the molecule is CC(=O)SCCC(O)C(O)c1cccc2c1C(=O)C(=O)N2. The summed E-state index contributed by atoms with van der Waals surface area (Å²) in [6.45, 7) is 1.42. The molecule has 0 aromatic heterocycles. The molecule has 0 bridgehead atoms. The normalized spacial score (nSPS) is 16.3. The number of amides is 1. The third-order valence-corrected chi connectivity index (χ3v) is 4.03. The maximum atomic E-state index is 11.8. The smallest absolute Gasteiger partial charge is 0.296 e. The summed E-state index contributed by atoms with van der Waals surface area (Å²) in [7, 11) is 0. The van der Waals surface area contributed by atoms with Gasteiger partial charge in [-0.3, -0.25) is 14.4 Å². The van der Waals surface area contributed by atoms with Crippen LogP contribution in [0.25, 0.3) is 0 Å². The lowest BCUT2D eigenvalue weighted by Gasteiger charge is -2.19. The van der Waals surface area contributed by atoms with E-state index in [-0.39, 0.29) is 22.7 Å². The van der Waals surface area contributed by atoms with Gasteiger partial charge in [-0.15, -0.1) is 0 Å². The van der Waals surface area contributed by atoms with Gasteiger partial charge in [0, 0.05) is 12.7 Å². The third kappa shape index (κ3) is 3.31. The van der Waals surface area contributed by atoms with Crippen LogP contribution in [0.4, 0.5) is 5.69 Å². The molecule has 1 heterocycles. The van der Waals surface area contributed by atoms with Gasteiger partial charge in [0.05, 0.1) is 17.4 Å². The van der Waals surface area contributed by atoms with Crippen molar-refractivity contribution in [2.45, 2.75) is 25.6 Å². The Balaban J connectivity index is 2.15. The number of aliphatic hydroxyl groups excluding tert-OH is 2. The van der Waals surface area contributed by atoms with E-state index in [1.54, 1.807) is 12.1 Å². The van der Waals surface area contributed by atoms with Crippen LogP contribution in [0, 0.1) is 0 Å². The average molecular weight is 309 g/mol. The second-order valence-corrected chi connectivity index (χ2v) is 5.97. The fourth-order valence-electron chi connectivity index (χ4n) is 2.16. The number of anilines is 1. The largest absolute Gasteiger partial charge is 0.390 e. The summed E-state index contributed by atoms with van der Waals surface area (Å²) in [5.41, 5.74) is 0.663. The second-order valence-electron chi connectivity index (χ2n) is 4.69. The predicted octanol–water partition coefficient (Wildman–Crippen LogP) is 0.885. The molecule has 0 aliphatic carbocycles. The molecule has 1 amide bonds. The Morgan fingerprint density at radius 1 is 1.33 bits per heavy atom. The van der Waals surface area contributed by atoms with E-state index < -0.39 is 23.9 Å². The number of benzene rings is 1. The van der Waals surface area contributed by atoms with E-state index in [0.29, 0.717) is 11.4 Å². The summed E-state index contributed by atoms with van der Waals surface area (Å²) >= 11 is 1.06. The van der Waals surface area contributed by atoms with Gasteiger partial charge < -0.3 is 15.5 Å². The third-order valence-electron chi connectivity index (χ3n) is 3.18. The van der Waals surface area contributed by atoms with Gasteiger partial charge in [-0.2, -0.15) is 0 Å². The molecule has 6 nitrogen and oxygen atoms in total. The number of thioether (sulfide) groups is 1. The first kappa shape index (κ1) is 15.7. The summed E-state index contributed by atoms with van der Waals surface area (Å²) in [4.78, 5) is 34.0. The summed E-state index contributed by atoms with van der Waals surface area (Å²) in [6, 6.07) is 4.66. The van der Waals surface area contributed by atoms with Crippen LogP contribution in [-0.4, -0.2) is 38.9 Å². The molecule has 0 fully saturated rings. The van der Waals surface area contributed by atoms with E-state index in [0.717, 1.165) is 11.8 Å². The van der Waals surface area contributed by atoms with Crippen LogP contribution in [0.2, 0.25) is 0 Å². The maximum absolute atomic E-state index is 11.8. The molecule has 0 spiro atoms. The molecule has 2 atom stereocenters. The lowest BCUT2D eigenvalue weighted by Crippen LogP contribution is -2.21. The molecule has 2 unspecified atom stereocenters. The Bertz CT molecular complexity index is 601.